The third kappa shape index (κ3) is 2.85. The van der Waals surface area contributed by atoms with Gasteiger partial charge in [0.25, 0.3) is 0 Å². The quantitative estimate of drug-likeness (QED) is 0.544. The Bertz CT molecular complexity index is 374. The van der Waals surface area contributed by atoms with E-state index in [1.54, 1.807) is 0 Å². The van der Waals surface area contributed by atoms with Crippen LogP contribution in [0.2, 0.25) is 0 Å². The minimum Gasteiger partial charge on any atom is -0.294 e. The predicted octanol–water partition coefficient (Wildman–Crippen LogP) is 4.25. The molecule has 17 heavy (non-hydrogen) atoms. The summed E-state index contributed by atoms with van der Waals surface area (Å²) in [4.78, 5) is 12.5. The highest BCUT2D eigenvalue weighted by Gasteiger charge is 2.29. The van der Waals surface area contributed by atoms with Gasteiger partial charge in [0.2, 0.25) is 0 Å². The Morgan fingerprint density at radius 2 is 1.94 bits per heavy atom. The fraction of sp³-hybridized carbons (Fsp3) is 0.438. The smallest absolute Gasteiger partial charge is 0.166 e. The van der Waals surface area contributed by atoms with Gasteiger partial charge in [-0.1, -0.05) is 49.2 Å². The van der Waals surface area contributed by atoms with Crippen LogP contribution in [0.5, 0.6) is 0 Å². The van der Waals surface area contributed by atoms with Crippen LogP contribution < -0.4 is 0 Å². The number of benzene rings is 1. The Labute approximate surface area is 104 Å². The van der Waals surface area contributed by atoms with Gasteiger partial charge in [-0.05, 0) is 25.2 Å². The van der Waals surface area contributed by atoms with Crippen molar-refractivity contribution in [2.45, 2.75) is 32.1 Å². The number of carbonyl (C=O) groups is 1. The van der Waals surface area contributed by atoms with E-state index in [0.717, 1.165) is 12.0 Å². The maximum atomic E-state index is 12.5. The zero-order valence-corrected chi connectivity index (χ0v) is 10.3. The van der Waals surface area contributed by atoms with Crippen molar-refractivity contribution in [3.05, 3.63) is 48.6 Å². The third-order valence-electron chi connectivity index (χ3n) is 3.78. The largest absolute Gasteiger partial charge is 0.294 e. The minimum atomic E-state index is 0.150. The molecule has 0 bridgehead atoms. The van der Waals surface area contributed by atoms with Crippen molar-refractivity contribution in [3.8, 4) is 0 Å². The summed E-state index contributed by atoms with van der Waals surface area (Å²) in [7, 11) is 0. The molecule has 1 saturated carbocycles. The van der Waals surface area contributed by atoms with Crippen LogP contribution in [0.25, 0.3) is 0 Å². The summed E-state index contributed by atoms with van der Waals surface area (Å²) < 4.78 is 0. The fourth-order valence-corrected chi connectivity index (χ4v) is 2.87. The highest BCUT2D eigenvalue weighted by Crippen LogP contribution is 2.35. The molecule has 0 N–H and O–H groups in total. The Morgan fingerprint density at radius 3 is 2.53 bits per heavy atom. The Kier molecular flexibility index (Phi) is 4.13. The first kappa shape index (κ1) is 12.1. The van der Waals surface area contributed by atoms with Gasteiger partial charge in [0.05, 0.1) is 0 Å². The summed E-state index contributed by atoms with van der Waals surface area (Å²) in [5, 5.41) is 0. The molecule has 0 saturated heterocycles. The molecule has 1 aromatic rings. The number of allylic oxidation sites excluding steroid dienone is 1. The van der Waals surface area contributed by atoms with Gasteiger partial charge >= 0.3 is 0 Å². The molecule has 1 atom stereocenters. The molecule has 1 heteroatoms. The van der Waals surface area contributed by atoms with Crippen molar-refractivity contribution in [2.75, 3.05) is 0 Å². The summed E-state index contributed by atoms with van der Waals surface area (Å²) in [6, 6.07) is 9.68. The van der Waals surface area contributed by atoms with Gasteiger partial charge in [0.1, 0.15) is 0 Å². The Morgan fingerprint density at radius 1 is 1.29 bits per heavy atom. The molecule has 1 nitrogen and oxygen atoms in total. The van der Waals surface area contributed by atoms with Crippen LogP contribution in [0.4, 0.5) is 0 Å². The van der Waals surface area contributed by atoms with Gasteiger partial charge in [-0.25, -0.2) is 0 Å². The van der Waals surface area contributed by atoms with Crippen LogP contribution in [-0.4, -0.2) is 5.78 Å². The molecule has 90 valence electrons. The molecule has 0 radical (unpaired) electrons. The number of hydrogen-bond acceptors (Lipinski definition) is 1. The van der Waals surface area contributed by atoms with Gasteiger partial charge < -0.3 is 0 Å². The second-order valence-corrected chi connectivity index (χ2v) is 4.91. The Balaban J connectivity index is 2.15. The van der Waals surface area contributed by atoms with E-state index in [-0.39, 0.29) is 5.92 Å². The van der Waals surface area contributed by atoms with Crippen molar-refractivity contribution < 1.29 is 4.79 Å². The van der Waals surface area contributed by atoms with Crippen LogP contribution in [0.3, 0.4) is 0 Å². The molecule has 0 spiro atoms. The maximum Gasteiger partial charge on any atom is 0.166 e. The highest BCUT2D eigenvalue weighted by molar-refractivity contribution is 5.98. The first-order valence-corrected chi connectivity index (χ1v) is 6.53. The van der Waals surface area contributed by atoms with E-state index >= 15 is 0 Å². The average Bonchev–Trinajstić information content (AvgIpc) is 2.90. The Hall–Kier alpha value is -1.37. The van der Waals surface area contributed by atoms with Gasteiger partial charge in [0, 0.05) is 11.5 Å². The first-order valence-electron chi connectivity index (χ1n) is 6.53. The molecule has 2 rings (SSSR count). The third-order valence-corrected chi connectivity index (χ3v) is 3.78. The molecule has 1 fully saturated rings. The van der Waals surface area contributed by atoms with Gasteiger partial charge in [0.15, 0.2) is 5.78 Å². The van der Waals surface area contributed by atoms with Crippen LogP contribution >= 0.6 is 0 Å². The standard InChI is InChI=1S/C16H20O/c1-2-8-15(13-9-6-7-10-13)16(17)14-11-4-3-5-12-14/h2-5,11-13,15H,1,6-10H2. The normalized spacial score (nSPS) is 17.9. The zero-order chi connectivity index (χ0) is 12.1. The van der Waals surface area contributed by atoms with Crippen molar-refractivity contribution >= 4 is 5.78 Å². The summed E-state index contributed by atoms with van der Waals surface area (Å²) in [6.07, 6.45) is 7.68. The summed E-state index contributed by atoms with van der Waals surface area (Å²) >= 11 is 0. The van der Waals surface area contributed by atoms with E-state index in [1.165, 1.54) is 25.7 Å². The number of Topliss-reactive ketones (excluding diaryl/α,β-unsaturated/α-hetero) is 1. The van der Waals surface area contributed by atoms with Crippen LogP contribution in [0.1, 0.15) is 42.5 Å². The lowest BCUT2D eigenvalue weighted by Crippen LogP contribution is -2.21. The van der Waals surface area contributed by atoms with E-state index in [1.807, 2.05) is 36.4 Å². The average molecular weight is 228 g/mol. The van der Waals surface area contributed by atoms with E-state index in [0.29, 0.717) is 11.7 Å². The zero-order valence-electron chi connectivity index (χ0n) is 10.3. The number of hydrogen-bond donors (Lipinski definition) is 0. The lowest BCUT2D eigenvalue weighted by molar-refractivity contribution is 0.0874. The second-order valence-electron chi connectivity index (χ2n) is 4.91. The van der Waals surface area contributed by atoms with Gasteiger partial charge in [-0.15, -0.1) is 6.58 Å². The summed E-state index contributed by atoms with van der Waals surface area (Å²) in [5.41, 5.74) is 0.853. The van der Waals surface area contributed by atoms with Gasteiger partial charge in [-0.2, -0.15) is 0 Å². The van der Waals surface area contributed by atoms with E-state index in [4.69, 9.17) is 0 Å². The van der Waals surface area contributed by atoms with E-state index in [2.05, 4.69) is 6.58 Å². The monoisotopic (exact) mass is 228 g/mol. The van der Waals surface area contributed by atoms with Crippen LogP contribution in [0, 0.1) is 11.8 Å². The molecule has 1 aromatic carbocycles. The van der Waals surface area contributed by atoms with E-state index in [9.17, 15) is 4.79 Å². The molecular weight excluding hydrogens is 208 g/mol. The molecule has 0 heterocycles. The first-order chi connectivity index (χ1) is 8.33. The topological polar surface area (TPSA) is 17.1 Å². The lowest BCUT2D eigenvalue weighted by Gasteiger charge is -2.20. The number of rotatable bonds is 5. The predicted molar refractivity (Wildman–Crippen MR) is 71.0 cm³/mol. The lowest BCUT2D eigenvalue weighted by atomic mass is 9.82. The van der Waals surface area contributed by atoms with Crippen molar-refractivity contribution in [1.29, 1.82) is 0 Å². The minimum absolute atomic E-state index is 0.150. The molecule has 1 unspecified atom stereocenters. The van der Waals surface area contributed by atoms with E-state index < -0.39 is 0 Å². The molecule has 0 aromatic heterocycles. The summed E-state index contributed by atoms with van der Waals surface area (Å²) in [5.74, 6) is 1.02. The van der Waals surface area contributed by atoms with Crippen LogP contribution in [-0.2, 0) is 0 Å². The molecule has 1 aliphatic rings. The second kappa shape index (κ2) is 5.81. The molecule has 0 amide bonds. The maximum absolute atomic E-state index is 12.5. The molecule has 1 aliphatic carbocycles. The molecular formula is C16H20O. The number of carbonyl (C=O) groups excluding carboxylic acids is 1. The van der Waals surface area contributed by atoms with Crippen molar-refractivity contribution in [1.82, 2.24) is 0 Å². The highest BCUT2D eigenvalue weighted by atomic mass is 16.1. The van der Waals surface area contributed by atoms with Crippen molar-refractivity contribution in [2.24, 2.45) is 11.8 Å². The van der Waals surface area contributed by atoms with Crippen molar-refractivity contribution in [3.63, 3.8) is 0 Å². The fourth-order valence-electron chi connectivity index (χ4n) is 2.87. The SMILES string of the molecule is C=CCC(C(=O)c1ccccc1)C1CCCC1. The van der Waals surface area contributed by atoms with Gasteiger partial charge in [-0.3, -0.25) is 4.79 Å². The molecule has 0 aliphatic heterocycles. The number of ketones is 1. The van der Waals surface area contributed by atoms with Crippen LogP contribution in [0.15, 0.2) is 43.0 Å². The summed E-state index contributed by atoms with van der Waals surface area (Å²) in [6.45, 7) is 3.80.